The molecule has 4 N–H and O–H groups in total. The van der Waals surface area contributed by atoms with Crippen LogP contribution >= 0.6 is 0 Å². The summed E-state index contributed by atoms with van der Waals surface area (Å²) >= 11 is 0. The van der Waals surface area contributed by atoms with Crippen LogP contribution in [0.2, 0.25) is 0 Å². The molecule has 0 heterocycles. The average Bonchev–Trinajstić information content (AvgIpc) is 3.12. The maximum atomic E-state index is 12.6. The van der Waals surface area contributed by atoms with Gasteiger partial charge in [-0.1, -0.05) is 204 Å². The van der Waals surface area contributed by atoms with Crippen LogP contribution in [-0.2, 0) is 14.9 Å². The van der Waals surface area contributed by atoms with Gasteiger partial charge in [0, 0.05) is 0 Å². The standard InChI is InChI=1S/C45H85NO6S/c1-3-5-7-9-11-13-15-17-19-20-21-22-23-24-25-26-28-30-32-34-36-38-40-44(48)45(49)46-42(41-53(50,51)52)43(47)39-37-35-33-31-29-27-18-16-14-12-10-8-6-4-2/h21-22,24-25,37,39,42-44,47-48H,3-20,23,26-36,38,40-41H2,1-2H3,(H,46,49)(H,50,51,52)/b22-21-,25-24-,39-37+. The van der Waals surface area contributed by atoms with Gasteiger partial charge in [-0.25, -0.2) is 0 Å². The predicted octanol–water partition coefficient (Wildman–Crippen LogP) is 12.3. The highest BCUT2D eigenvalue weighted by Gasteiger charge is 2.27. The molecule has 3 atom stereocenters. The molecule has 0 aromatic heterocycles. The first-order valence-electron chi connectivity index (χ1n) is 22.3. The highest BCUT2D eigenvalue weighted by molar-refractivity contribution is 7.85. The van der Waals surface area contributed by atoms with Crippen molar-refractivity contribution < 1.29 is 28.0 Å². The van der Waals surface area contributed by atoms with Gasteiger partial charge in [-0.2, -0.15) is 8.42 Å². The van der Waals surface area contributed by atoms with Gasteiger partial charge in [-0.15, -0.1) is 0 Å². The van der Waals surface area contributed by atoms with Crippen LogP contribution in [0, 0.1) is 0 Å². The number of aliphatic hydroxyl groups is 2. The summed E-state index contributed by atoms with van der Waals surface area (Å²) in [5, 5.41) is 23.4. The molecule has 0 aliphatic heterocycles. The summed E-state index contributed by atoms with van der Waals surface area (Å²) in [6, 6.07) is -1.24. The number of hydrogen-bond acceptors (Lipinski definition) is 5. The number of rotatable bonds is 40. The molecule has 0 radical (unpaired) electrons. The van der Waals surface area contributed by atoms with Crippen molar-refractivity contribution in [3.05, 3.63) is 36.5 Å². The molecule has 0 aromatic rings. The van der Waals surface area contributed by atoms with E-state index in [0.717, 1.165) is 64.2 Å². The van der Waals surface area contributed by atoms with Gasteiger partial charge in [0.05, 0.1) is 17.9 Å². The maximum Gasteiger partial charge on any atom is 0.267 e. The fourth-order valence-corrected chi connectivity index (χ4v) is 7.46. The highest BCUT2D eigenvalue weighted by Crippen LogP contribution is 2.15. The molecule has 3 unspecified atom stereocenters. The van der Waals surface area contributed by atoms with E-state index in [1.165, 1.54) is 134 Å². The summed E-state index contributed by atoms with van der Waals surface area (Å²) in [7, 11) is -4.44. The van der Waals surface area contributed by atoms with Gasteiger partial charge in [-0.3, -0.25) is 9.35 Å². The zero-order valence-electron chi connectivity index (χ0n) is 34.5. The first kappa shape index (κ1) is 51.5. The maximum absolute atomic E-state index is 12.6. The Morgan fingerprint density at radius 1 is 0.528 bits per heavy atom. The van der Waals surface area contributed by atoms with Gasteiger partial charge in [0.1, 0.15) is 6.10 Å². The number of hydrogen-bond donors (Lipinski definition) is 4. The summed E-state index contributed by atoms with van der Waals surface area (Å²) in [6.07, 6.45) is 47.7. The molecular formula is C45H85NO6S. The first-order valence-corrected chi connectivity index (χ1v) is 23.9. The van der Waals surface area contributed by atoms with Gasteiger partial charge in [0.15, 0.2) is 0 Å². The van der Waals surface area contributed by atoms with Crippen LogP contribution in [0.25, 0.3) is 0 Å². The molecule has 0 aromatic carbocycles. The largest absolute Gasteiger partial charge is 0.387 e. The smallest absolute Gasteiger partial charge is 0.267 e. The second-order valence-corrected chi connectivity index (χ2v) is 17.0. The van der Waals surface area contributed by atoms with Crippen molar-refractivity contribution in [2.24, 2.45) is 0 Å². The van der Waals surface area contributed by atoms with E-state index in [2.05, 4.69) is 43.5 Å². The number of allylic oxidation sites excluding steroid dienone is 5. The Labute approximate surface area is 328 Å². The van der Waals surface area contributed by atoms with E-state index in [1.807, 2.05) is 0 Å². The van der Waals surface area contributed by atoms with E-state index >= 15 is 0 Å². The third-order valence-electron chi connectivity index (χ3n) is 10.2. The fraction of sp³-hybridized carbons (Fsp3) is 0.844. The monoisotopic (exact) mass is 768 g/mol. The molecular weight excluding hydrogens is 683 g/mol. The van der Waals surface area contributed by atoms with E-state index in [1.54, 1.807) is 6.08 Å². The Morgan fingerprint density at radius 3 is 1.28 bits per heavy atom. The lowest BCUT2D eigenvalue weighted by atomic mass is 10.0. The van der Waals surface area contributed by atoms with Crippen LogP contribution in [0.5, 0.6) is 0 Å². The van der Waals surface area contributed by atoms with Crippen LogP contribution in [0.15, 0.2) is 36.5 Å². The van der Waals surface area contributed by atoms with Crippen molar-refractivity contribution in [2.75, 3.05) is 5.75 Å². The Bertz CT molecular complexity index is 995. The lowest BCUT2D eigenvalue weighted by Gasteiger charge is -2.22. The van der Waals surface area contributed by atoms with Crippen molar-refractivity contribution in [1.82, 2.24) is 5.32 Å². The van der Waals surface area contributed by atoms with Crippen LogP contribution in [0.3, 0.4) is 0 Å². The summed E-state index contributed by atoms with van der Waals surface area (Å²) in [5.41, 5.74) is 0. The van der Waals surface area contributed by atoms with Gasteiger partial charge >= 0.3 is 0 Å². The zero-order valence-corrected chi connectivity index (χ0v) is 35.3. The normalized spacial score (nSPS) is 14.1. The molecule has 7 nitrogen and oxygen atoms in total. The van der Waals surface area contributed by atoms with Crippen molar-refractivity contribution in [3.63, 3.8) is 0 Å². The third-order valence-corrected chi connectivity index (χ3v) is 10.9. The van der Waals surface area contributed by atoms with Crippen molar-refractivity contribution in [2.45, 2.75) is 238 Å². The molecule has 0 saturated heterocycles. The molecule has 1 amide bonds. The van der Waals surface area contributed by atoms with Crippen molar-refractivity contribution in [3.8, 4) is 0 Å². The summed E-state index contributed by atoms with van der Waals surface area (Å²) < 4.78 is 32.5. The summed E-state index contributed by atoms with van der Waals surface area (Å²) in [6.45, 7) is 4.51. The molecule has 0 aliphatic rings. The molecule has 0 fully saturated rings. The Morgan fingerprint density at radius 2 is 0.887 bits per heavy atom. The summed E-state index contributed by atoms with van der Waals surface area (Å²) in [4.78, 5) is 12.6. The molecule has 0 spiro atoms. The lowest BCUT2D eigenvalue weighted by Crippen LogP contribution is -2.50. The lowest BCUT2D eigenvalue weighted by molar-refractivity contribution is -0.130. The molecule has 53 heavy (non-hydrogen) atoms. The van der Waals surface area contributed by atoms with Crippen LogP contribution < -0.4 is 5.32 Å². The number of carbonyl (C=O) groups excluding carboxylic acids is 1. The second kappa shape index (κ2) is 38.8. The molecule has 0 bridgehead atoms. The summed E-state index contributed by atoms with van der Waals surface area (Å²) in [5.74, 6) is -1.54. The SMILES string of the molecule is CCCCCCCCCCC/C=C\C/C=C\CCCCCCCCC(O)C(=O)NC(CS(=O)(=O)O)C(O)/C=C/CCCCCCCCCCCCCC. The quantitative estimate of drug-likeness (QED) is 0.0280. The Balaban J connectivity index is 3.99. The van der Waals surface area contributed by atoms with Crippen LogP contribution in [-0.4, -0.2) is 53.1 Å². The van der Waals surface area contributed by atoms with Crippen molar-refractivity contribution in [1.29, 1.82) is 0 Å². The minimum Gasteiger partial charge on any atom is -0.387 e. The van der Waals surface area contributed by atoms with Gasteiger partial charge in [0.25, 0.3) is 10.1 Å². The van der Waals surface area contributed by atoms with Gasteiger partial charge < -0.3 is 15.5 Å². The molecule has 0 aliphatic carbocycles. The van der Waals surface area contributed by atoms with E-state index in [0.29, 0.717) is 6.42 Å². The number of unbranched alkanes of at least 4 members (excludes halogenated alkanes) is 27. The second-order valence-electron chi connectivity index (χ2n) is 15.5. The van der Waals surface area contributed by atoms with E-state index in [9.17, 15) is 28.0 Å². The van der Waals surface area contributed by atoms with Gasteiger partial charge in [-0.05, 0) is 51.4 Å². The molecule has 8 heteroatoms. The van der Waals surface area contributed by atoms with E-state index in [4.69, 9.17) is 0 Å². The minimum absolute atomic E-state index is 0.269. The fourth-order valence-electron chi connectivity index (χ4n) is 6.72. The molecule has 0 saturated carbocycles. The average molecular weight is 768 g/mol. The molecule has 0 rings (SSSR count). The number of amides is 1. The molecule has 312 valence electrons. The number of nitrogens with one attached hydrogen (secondary N) is 1. The Hall–Kier alpha value is -1.48. The Kier molecular flexibility index (Phi) is 37.7. The minimum atomic E-state index is -4.44. The van der Waals surface area contributed by atoms with Crippen molar-refractivity contribution >= 4 is 16.0 Å². The van der Waals surface area contributed by atoms with E-state index in [-0.39, 0.29) is 6.42 Å². The van der Waals surface area contributed by atoms with E-state index < -0.39 is 40.0 Å². The van der Waals surface area contributed by atoms with Gasteiger partial charge in [0.2, 0.25) is 5.91 Å². The van der Waals surface area contributed by atoms with Crippen LogP contribution in [0.1, 0.15) is 219 Å². The number of aliphatic hydroxyl groups excluding tert-OH is 2. The predicted molar refractivity (Wildman–Crippen MR) is 227 cm³/mol. The number of carbonyl (C=O) groups is 1. The third kappa shape index (κ3) is 38.6. The van der Waals surface area contributed by atoms with Crippen LogP contribution in [0.4, 0.5) is 0 Å². The zero-order chi connectivity index (χ0) is 39.1. The first-order chi connectivity index (χ1) is 25.7. The topological polar surface area (TPSA) is 124 Å². The highest BCUT2D eigenvalue weighted by atomic mass is 32.2.